The van der Waals surface area contributed by atoms with Crippen LogP contribution in [0.2, 0.25) is 0 Å². The molecule has 0 atom stereocenters. The summed E-state index contributed by atoms with van der Waals surface area (Å²) in [6, 6.07) is 11.0. The lowest BCUT2D eigenvalue weighted by Crippen LogP contribution is -2.31. The van der Waals surface area contributed by atoms with Gasteiger partial charge in [0.05, 0.1) is 13.2 Å². The van der Waals surface area contributed by atoms with Gasteiger partial charge in [0.1, 0.15) is 0 Å². The summed E-state index contributed by atoms with van der Waals surface area (Å²) in [4.78, 5) is 0. The van der Waals surface area contributed by atoms with Gasteiger partial charge in [-0.3, -0.25) is 0 Å². The van der Waals surface area contributed by atoms with E-state index in [-0.39, 0.29) is 0 Å². The minimum atomic E-state index is -1.91. The third kappa shape index (κ3) is 3.76. The van der Waals surface area contributed by atoms with Crippen LogP contribution < -0.4 is 0 Å². The number of hydrogen-bond donors (Lipinski definition) is 0. The molecule has 21 heavy (non-hydrogen) atoms. The van der Waals surface area contributed by atoms with Crippen LogP contribution in [0.25, 0.3) is 0 Å². The summed E-state index contributed by atoms with van der Waals surface area (Å²) < 4.78 is 11.8. The van der Waals surface area contributed by atoms with Gasteiger partial charge in [0, 0.05) is 12.1 Å². The number of rotatable bonds is 3. The van der Waals surface area contributed by atoms with E-state index in [2.05, 4.69) is 37.3 Å². The molecule has 2 aliphatic rings. The average molecular weight is 324 g/mol. The first kappa shape index (κ1) is 15.7. The molecule has 1 heterocycles. The van der Waals surface area contributed by atoms with Gasteiger partial charge in [-0.15, -0.1) is 0 Å². The molecule has 1 aromatic rings. The van der Waals surface area contributed by atoms with Crippen LogP contribution >= 0.6 is 6.49 Å². The normalized spacial score (nSPS) is 37.3. The van der Waals surface area contributed by atoms with E-state index in [4.69, 9.17) is 20.9 Å². The zero-order chi connectivity index (χ0) is 14.7. The maximum atomic E-state index is 5.90. The van der Waals surface area contributed by atoms with Gasteiger partial charge in [-0.05, 0) is 54.9 Å². The van der Waals surface area contributed by atoms with Crippen molar-refractivity contribution in [1.82, 2.24) is 0 Å². The lowest BCUT2D eigenvalue weighted by atomic mass is 9.74. The van der Waals surface area contributed by atoms with Crippen molar-refractivity contribution in [1.29, 1.82) is 0 Å². The van der Waals surface area contributed by atoms with E-state index in [9.17, 15) is 0 Å². The summed E-state index contributed by atoms with van der Waals surface area (Å²) in [5, 5.41) is 0. The smallest absolute Gasteiger partial charge is 0.188 e. The molecule has 1 saturated heterocycles. The lowest BCUT2D eigenvalue weighted by molar-refractivity contribution is 0.0645. The Bertz CT molecular complexity index is 485. The Hall–Kier alpha value is -0.210. The molecular formula is C17H25O2PS. The van der Waals surface area contributed by atoms with Crippen LogP contribution in [0.1, 0.15) is 44.1 Å². The van der Waals surface area contributed by atoms with Crippen LogP contribution in [0.15, 0.2) is 30.3 Å². The molecule has 2 fully saturated rings. The fourth-order valence-corrected chi connectivity index (χ4v) is 5.25. The molecule has 1 aliphatic carbocycles. The molecule has 2 nitrogen and oxygen atoms in total. The van der Waals surface area contributed by atoms with Gasteiger partial charge in [-0.2, -0.15) is 0 Å². The van der Waals surface area contributed by atoms with E-state index >= 15 is 0 Å². The summed E-state index contributed by atoms with van der Waals surface area (Å²) in [6.45, 7) is 1.82. The number of benzene rings is 1. The lowest BCUT2D eigenvalue weighted by Gasteiger charge is -2.38. The Morgan fingerprint density at radius 2 is 1.62 bits per heavy atom. The van der Waals surface area contributed by atoms with E-state index < -0.39 is 6.49 Å². The molecule has 4 heteroatoms. The van der Waals surface area contributed by atoms with Crippen molar-refractivity contribution in [3.8, 4) is 0 Å². The van der Waals surface area contributed by atoms with Gasteiger partial charge in [-0.25, -0.2) is 0 Å². The van der Waals surface area contributed by atoms with Crippen LogP contribution in [0.4, 0.5) is 0 Å². The zero-order valence-electron chi connectivity index (χ0n) is 12.7. The SMILES string of the molecule is CCP1(=S)OCC(C2CCC(c3ccccc3)CC2)CO1. The monoisotopic (exact) mass is 324 g/mol. The highest BCUT2D eigenvalue weighted by Crippen LogP contribution is 2.53. The largest absolute Gasteiger partial charge is 0.329 e. The molecule has 1 aromatic carbocycles. The Labute approximate surface area is 133 Å². The molecule has 0 unspecified atom stereocenters. The van der Waals surface area contributed by atoms with Crippen LogP contribution in [0.3, 0.4) is 0 Å². The molecule has 3 rings (SSSR count). The molecule has 0 spiro atoms. The predicted molar refractivity (Wildman–Crippen MR) is 91.4 cm³/mol. The van der Waals surface area contributed by atoms with Gasteiger partial charge >= 0.3 is 0 Å². The van der Waals surface area contributed by atoms with Crippen LogP contribution in [0, 0.1) is 11.8 Å². The van der Waals surface area contributed by atoms with Crippen molar-refractivity contribution in [2.75, 3.05) is 19.4 Å². The highest BCUT2D eigenvalue weighted by Gasteiger charge is 2.34. The van der Waals surface area contributed by atoms with E-state index in [0.717, 1.165) is 31.2 Å². The summed E-state index contributed by atoms with van der Waals surface area (Å²) >= 11 is 5.46. The van der Waals surface area contributed by atoms with Gasteiger partial charge in [0.25, 0.3) is 0 Å². The highest BCUT2D eigenvalue weighted by atomic mass is 32.5. The summed E-state index contributed by atoms with van der Waals surface area (Å²) in [5.41, 5.74) is 1.51. The number of hydrogen-bond acceptors (Lipinski definition) is 3. The van der Waals surface area contributed by atoms with Gasteiger partial charge < -0.3 is 9.05 Å². The first-order valence-corrected chi connectivity index (χ1v) is 11.0. The maximum Gasteiger partial charge on any atom is 0.188 e. The summed E-state index contributed by atoms with van der Waals surface area (Å²) in [6.07, 6.45) is 6.05. The van der Waals surface area contributed by atoms with E-state index in [0.29, 0.717) is 5.92 Å². The summed E-state index contributed by atoms with van der Waals surface area (Å²) in [7, 11) is 0. The minimum absolute atomic E-state index is 0.560. The van der Waals surface area contributed by atoms with Crippen molar-refractivity contribution < 1.29 is 9.05 Å². The van der Waals surface area contributed by atoms with Gasteiger partial charge in [-0.1, -0.05) is 37.3 Å². The quantitative estimate of drug-likeness (QED) is 0.733. The molecule has 116 valence electrons. The fraction of sp³-hybridized carbons (Fsp3) is 0.647. The van der Waals surface area contributed by atoms with E-state index in [1.54, 1.807) is 0 Å². The van der Waals surface area contributed by atoms with Gasteiger partial charge in [0.2, 0.25) is 0 Å². The van der Waals surface area contributed by atoms with Crippen molar-refractivity contribution in [3.63, 3.8) is 0 Å². The topological polar surface area (TPSA) is 18.5 Å². The molecule has 0 bridgehead atoms. The predicted octanol–water partition coefficient (Wildman–Crippen LogP) is 4.95. The van der Waals surface area contributed by atoms with Crippen LogP contribution in [-0.4, -0.2) is 19.4 Å². The molecule has 0 aromatic heterocycles. The van der Waals surface area contributed by atoms with Crippen molar-refractivity contribution >= 4 is 18.3 Å². The van der Waals surface area contributed by atoms with Crippen LogP contribution in [0.5, 0.6) is 0 Å². The second kappa shape index (κ2) is 6.91. The Morgan fingerprint density at radius 1 is 1.00 bits per heavy atom. The maximum absolute atomic E-state index is 5.90. The third-order valence-electron chi connectivity index (χ3n) is 5.07. The molecular weight excluding hydrogens is 299 g/mol. The first-order chi connectivity index (χ1) is 10.2. The van der Waals surface area contributed by atoms with Crippen molar-refractivity contribution in [3.05, 3.63) is 35.9 Å². The fourth-order valence-electron chi connectivity index (χ4n) is 3.61. The Balaban J connectivity index is 1.52. The molecule has 1 aliphatic heterocycles. The van der Waals surface area contributed by atoms with Crippen molar-refractivity contribution in [2.45, 2.75) is 38.5 Å². The Kier molecular flexibility index (Phi) is 5.16. The minimum Gasteiger partial charge on any atom is -0.329 e. The second-order valence-corrected chi connectivity index (χ2v) is 10.3. The summed E-state index contributed by atoms with van der Waals surface area (Å²) in [5.74, 6) is 2.06. The van der Waals surface area contributed by atoms with Crippen LogP contribution in [-0.2, 0) is 20.9 Å². The van der Waals surface area contributed by atoms with Crippen molar-refractivity contribution in [2.24, 2.45) is 11.8 Å². The first-order valence-electron chi connectivity index (χ1n) is 8.13. The molecule has 1 saturated carbocycles. The van der Waals surface area contributed by atoms with Gasteiger partial charge in [0.15, 0.2) is 6.49 Å². The third-order valence-corrected chi connectivity index (χ3v) is 8.33. The average Bonchev–Trinajstić information content (AvgIpc) is 2.57. The molecule has 0 amide bonds. The van der Waals surface area contributed by atoms with E-state index in [1.165, 1.54) is 31.2 Å². The molecule has 0 radical (unpaired) electrons. The standard InChI is InChI=1S/C17H25O2PS/c1-2-20(21)18-12-17(13-19-20)16-10-8-15(9-11-16)14-6-4-3-5-7-14/h3-7,15-17H,2,8-13H2,1H3. The second-order valence-electron chi connectivity index (χ2n) is 6.30. The Morgan fingerprint density at radius 3 is 2.19 bits per heavy atom. The zero-order valence-corrected chi connectivity index (χ0v) is 14.5. The van der Waals surface area contributed by atoms with E-state index in [1.807, 2.05) is 0 Å². The molecule has 0 N–H and O–H groups in total. The highest BCUT2D eigenvalue weighted by molar-refractivity contribution is 8.09.